The van der Waals surface area contributed by atoms with E-state index in [9.17, 15) is 5.11 Å². The molecule has 0 unspecified atom stereocenters. The predicted molar refractivity (Wildman–Crippen MR) is 105 cm³/mol. The van der Waals surface area contributed by atoms with Crippen molar-refractivity contribution >= 4 is 11.8 Å². The summed E-state index contributed by atoms with van der Waals surface area (Å²) in [6, 6.07) is 12.4. The first-order valence-corrected chi connectivity index (χ1v) is 10.1. The van der Waals surface area contributed by atoms with Gasteiger partial charge in [0.1, 0.15) is 0 Å². The summed E-state index contributed by atoms with van der Waals surface area (Å²) < 4.78 is 2.02. The molecule has 140 valence electrons. The zero-order valence-corrected chi connectivity index (χ0v) is 16.0. The predicted octanol–water partition coefficient (Wildman–Crippen LogP) is 2.86. The molecule has 1 aliphatic heterocycles. The van der Waals surface area contributed by atoms with Crippen molar-refractivity contribution in [1.82, 2.24) is 24.6 Å². The Morgan fingerprint density at radius 3 is 2.63 bits per heavy atom. The Morgan fingerprint density at radius 2 is 1.85 bits per heavy atom. The minimum atomic E-state index is -0.00402. The van der Waals surface area contributed by atoms with E-state index in [0.29, 0.717) is 0 Å². The van der Waals surface area contributed by atoms with Gasteiger partial charge in [-0.1, -0.05) is 42.1 Å². The molecule has 0 saturated heterocycles. The number of aromatic nitrogens is 4. The van der Waals surface area contributed by atoms with Gasteiger partial charge in [-0.25, -0.2) is 9.97 Å². The Balaban J connectivity index is 1.35. The van der Waals surface area contributed by atoms with Gasteiger partial charge in [-0.2, -0.15) is 5.10 Å². The number of hydrogen-bond donors (Lipinski definition) is 1. The molecule has 7 heteroatoms. The molecule has 0 aliphatic carbocycles. The van der Waals surface area contributed by atoms with E-state index in [1.807, 2.05) is 29.2 Å². The van der Waals surface area contributed by atoms with Gasteiger partial charge in [0, 0.05) is 49.9 Å². The van der Waals surface area contributed by atoms with Crippen LogP contribution in [0.3, 0.4) is 0 Å². The van der Waals surface area contributed by atoms with Crippen LogP contribution < -0.4 is 0 Å². The maximum absolute atomic E-state index is 9.29. The van der Waals surface area contributed by atoms with Gasteiger partial charge in [0.05, 0.1) is 18.0 Å². The summed E-state index contributed by atoms with van der Waals surface area (Å²) in [7, 11) is 0. The fourth-order valence-electron chi connectivity index (χ4n) is 3.28. The molecule has 0 atom stereocenters. The van der Waals surface area contributed by atoms with E-state index >= 15 is 0 Å². The molecule has 3 heterocycles. The van der Waals surface area contributed by atoms with Crippen LogP contribution >= 0.6 is 11.8 Å². The zero-order chi connectivity index (χ0) is 18.5. The number of aryl methyl sites for hydroxylation is 1. The molecule has 1 aromatic carbocycles. The number of fused-ring (bicyclic) bond motifs is 1. The van der Waals surface area contributed by atoms with Crippen LogP contribution in [-0.4, -0.2) is 36.3 Å². The SMILES string of the molecule is OCc1cc2n(n1)CCCN(Cc1cnc(SCc3ccccc3)nc1)C2. The quantitative estimate of drug-likeness (QED) is 0.523. The third kappa shape index (κ3) is 4.74. The van der Waals surface area contributed by atoms with Gasteiger partial charge in [0.2, 0.25) is 0 Å². The standard InChI is InChI=1S/C20H23N5OS/c26-14-18-9-19-13-24(7-4-8-25(19)23-18)12-17-10-21-20(22-11-17)27-15-16-5-2-1-3-6-16/h1-3,5-6,9-11,26H,4,7-8,12-15H2. The van der Waals surface area contributed by atoms with Crippen molar-refractivity contribution in [1.29, 1.82) is 0 Å². The molecule has 3 aromatic rings. The first-order chi connectivity index (χ1) is 13.3. The molecule has 1 aliphatic rings. The van der Waals surface area contributed by atoms with Gasteiger partial charge in [0.25, 0.3) is 0 Å². The summed E-state index contributed by atoms with van der Waals surface area (Å²) in [6.07, 6.45) is 4.91. The van der Waals surface area contributed by atoms with Crippen molar-refractivity contribution in [3.05, 3.63) is 71.3 Å². The maximum Gasteiger partial charge on any atom is 0.187 e. The van der Waals surface area contributed by atoms with Crippen LogP contribution in [0.25, 0.3) is 0 Å². The molecule has 4 rings (SSSR count). The Hall–Kier alpha value is -2.22. The molecule has 6 nitrogen and oxygen atoms in total. The second-order valence-corrected chi connectivity index (χ2v) is 7.66. The van der Waals surface area contributed by atoms with Crippen molar-refractivity contribution in [3.63, 3.8) is 0 Å². The first-order valence-electron chi connectivity index (χ1n) is 9.16. The minimum absolute atomic E-state index is 0.00402. The van der Waals surface area contributed by atoms with E-state index in [1.54, 1.807) is 11.8 Å². The minimum Gasteiger partial charge on any atom is -0.390 e. The van der Waals surface area contributed by atoms with E-state index in [2.05, 4.69) is 44.2 Å². The molecular formula is C20H23N5OS. The Labute approximate surface area is 163 Å². The number of thioether (sulfide) groups is 1. The number of rotatable bonds is 6. The zero-order valence-electron chi connectivity index (χ0n) is 15.2. The van der Waals surface area contributed by atoms with Crippen LogP contribution in [0.1, 0.15) is 28.9 Å². The Bertz CT molecular complexity index is 866. The van der Waals surface area contributed by atoms with Crippen LogP contribution in [0, 0.1) is 0 Å². The molecule has 27 heavy (non-hydrogen) atoms. The second-order valence-electron chi connectivity index (χ2n) is 6.72. The molecule has 0 fully saturated rings. The molecule has 0 amide bonds. The third-order valence-electron chi connectivity index (χ3n) is 4.60. The number of aliphatic hydroxyl groups is 1. The van der Waals surface area contributed by atoms with Crippen molar-refractivity contribution < 1.29 is 5.11 Å². The Kier molecular flexibility index (Phi) is 5.81. The van der Waals surface area contributed by atoms with Gasteiger partial charge >= 0.3 is 0 Å². The highest BCUT2D eigenvalue weighted by Gasteiger charge is 2.17. The first kappa shape index (κ1) is 18.2. The topological polar surface area (TPSA) is 67.1 Å². The lowest BCUT2D eigenvalue weighted by atomic mass is 10.2. The highest BCUT2D eigenvalue weighted by molar-refractivity contribution is 7.98. The van der Waals surface area contributed by atoms with Crippen LogP contribution in [0.15, 0.2) is 53.9 Å². The largest absolute Gasteiger partial charge is 0.390 e. The summed E-state index contributed by atoms with van der Waals surface area (Å²) in [5, 5.41) is 14.5. The Morgan fingerprint density at radius 1 is 1.04 bits per heavy atom. The van der Waals surface area contributed by atoms with E-state index in [1.165, 1.54) is 5.56 Å². The van der Waals surface area contributed by atoms with Crippen molar-refractivity contribution in [3.8, 4) is 0 Å². The van der Waals surface area contributed by atoms with Crippen molar-refractivity contribution in [2.75, 3.05) is 6.54 Å². The van der Waals surface area contributed by atoms with E-state index in [-0.39, 0.29) is 6.61 Å². The van der Waals surface area contributed by atoms with Gasteiger partial charge in [-0.05, 0) is 18.1 Å². The van der Waals surface area contributed by atoms with E-state index in [4.69, 9.17) is 0 Å². The monoisotopic (exact) mass is 381 g/mol. The molecule has 1 N–H and O–H groups in total. The summed E-state index contributed by atoms with van der Waals surface area (Å²) in [6.45, 7) is 3.57. The van der Waals surface area contributed by atoms with Gasteiger partial charge < -0.3 is 5.11 Å². The molecule has 0 spiro atoms. The van der Waals surface area contributed by atoms with E-state index in [0.717, 1.165) is 60.5 Å². The lowest BCUT2D eigenvalue weighted by molar-refractivity contribution is 0.259. The molecule has 0 bridgehead atoms. The number of hydrogen-bond acceptors (Lipinski definition) is 6. The maximum atomic E-state index is 9.29. The van der Waals surface area contributed by atoms with Gasteiger partial charge in [0.15, 0.2) is 5.16 Å². The lowest BCUT2D eigenvalue weighted by Crippen LogP contribution is -2.23. The van der Waals surface area contributed by atoms with Crippen LogP contribution in [0.2, 0.25) is 0 Å². The van der Waals surface area contributed by atoms with Crippen LogP contribution in [0.5, 0.6) is 0 Å². The van der Waals surface area contributed by atoms with Crippen LogP contribution in [0.4, 0.5) is 0 Å². The molecule has 2 aromatic heterocycles. The fourth-order valence-corrected chi connectivity index (χ4v) is 4.02. The number of benzene rings is 1. The van der Waals surface area contributed by atoms with Gasteiger partial charge in [-0.3, -0.25) is 9.58 Å². The fraction of sp³-hybridized carbons (Fsp3) is 0.350. The summed E-state index contributed by atoms with van der Waals surface area (Å²) in [4.78, 5) is 11.4. The highest BCUT2D eigenvalue weighted by atomic mass is 32.2. The van der Waals surface area contributed by atoms with Crippen LogP contribution in [-0.2, 0) is 32.0 Å². The van der Waals surface area contributed by atoms with Gasteiger partial charge in [-0.15, -0.1) is 0 Å². The molecule has 0 saturated carbocycles. The smallest absolute Gasteiger partial charge is 0.187 e. The normalized spacial score (nSPS) is 14.7. The van der Waals surface area contributed by atoms with Crippen molar-refractivity contribution in [2.24, 2.45) is 0 Å². The summed E-state index contributed by atoms with van der Waals surface area (Å²) in [5.41, 5.74) is 4.30. The van der Waals surface area contributed by atoms with E-state index < -0.39 is 0 Å². The summed E-state index contributed by atoms with van der Waals surface area (Å²) >= 11 is 1.66. The number of aliphatic hydroxyl groups excluding tert-OH is 1. The average Bonchev–Trinajstić information content (AvgIpc) is 3.00. The third-order valence-corrected chi connectivity index (χ3v) is 5.55. The average molecular weight is 382 g/mol. The lowest BCUT2D eigenvalue weighted by Gasteiger charge is -2.19. The van der Waals surface area contributed by atoms with Crippen molar-refractivity contribution in [2.45, 2.75) is 43.6 Å². The number of nitrogens with zero attached hydrogens (tertiary/aromatic N) is 5. The summed E-state index contributed by atoms with van der Waals surface area (Å²) in [5.74, 6) is 0.878. The molecule has 0 radical (unpaired) electrons. The highest BCUT2D eigenvalue weighted by Crippen LogP contribution is 2.20. The molecular weight excluding hydrogens is 358 g/mol. The second kappa shape index (κ2) is 8.65.